The Morgan fingerprint density at radius 1 is 1.47 bits per heavy atom. The van der Waals surface area contributed by atoms with E-state index in [1.807, 2.05) is 0 Å². The number of halogens is 3. The molecule has 0 radical (unpaired) electrons. The number of alkyl halides is 3. The van der Waals surface area contributed by atoms with Crippen molar-refractivity contribution >= 4 is 23.4 Å². The van der Waals surface area contributed by atoms with Gasteiger partial charge in [-0.05, 0) is 18.2 Å². The Kier molecular flexibility index (Phi) is 4.28. The van der Waals surface area contributed by atoms with Crippen LogP contribution in [0.5, 0.6) is 0 Å². The van der Waals surface area contributed by atoms with Gasteiger partial charge in [-0.3, -0.25) is 0 Å². The molecule has 0 aliphatic heterocycles. The van der Waals surface area contributed by atoms with E-state index in [0.29, 0.717) is 16.7 Å². The van der Waals surface area contributed by atoms with Crippen molar-refractivity contribution in [2.24, 2.45) is 0 Å². The molecule has 0 fully saturated rings. The number of nitrogens with two attached hydrogens (primary N) is 1. The second-order valence-electron chi connectivity index (χ2n) is 3.14. The van der Waals surface area contributed by atoms with Gasteiger partial charge in [0.1, 0.15) is 0 Å². The van der Waals surface area contributed by atoms with Gasteiger partial charge in [0.2, 0.25) is 0 Å². The number of nitrogen functional groups attached to an aromatic ring is 1. The molecular formula is C10H10F3NO2S. The molecule has 7 heteroatoms. The SMILES string of the molecule is COC(=O)c1ccc(SCC(F)(F)F)cc1N. The standard InChI is InChI=1S/C10H10F3NO2S/c1-16-9(15)7-3-2-6(4-8(7)14)17-5-10(11,12)13/h2-4H,5,14H2,1H3. The molecule has 0 spiro atoms. The molecule has 0 atom stereocenters. The zero-order chi connectivity index (χ0) is 13.1. The van der Waals surface area contributed by atoms with Crippen LogP contribution in [0, 0.1) is 0 Å². The van der Waals surface area contributed by atoms with Crippen molar-refractivity contribution in [1.29, 1.82) is 0 Å². The van der Waals surface area contributed by atoms with Gasteiger partial charge in [0.05, 0.1) is 18.4 Å². The van der Waals surface area contributed by atoms with E-state index in [0.717, 1.165) is 0 Å². The molecule has 17 heavy (non-hydrogen) atoms. The van der Waals surface area contributed by atoms with Crippen molar-refractivity contribution in [2.45, 2.75) is 11.1 Å². The zero-order valence-corrected chi connectivity index (χ0v) is 9.69. The molecule has 1 aromatic rings. The third kappa shape index (κ3) is 4.18. The fourth-order valence-corrected chi connectivity index (χ4v) is 1.80. The topological polar surface area (TPSA) is 52.3 Å². The summed E-state index contributed by atoms with van der Waals surface area (Å²) in [6, 6.07) is 4.07. The average molecular weight is 265 g/mol. The van der Waals surface area contributed by atoms with Crippen LogP contribution in [-0.2, 0) is 4.74 Å². The summed E-state index contributed by atoms with van der Waals surface area (Å²) >= 11 is 0.612. The van der Waals surface area contributed by atoms with Gasteiger partial charge in [-0.25, -0.2) is 4.79 Å². The van der Waals surface area contributed by atoms with Crippen LogP contribution in [0.4, 0.5) is 18.9 Å². The highest BCUT2D eigenvalue weighted by atomic mass is 32.2. The molecule has 2 N–H and O–H groups in total. The van der Waals surface area contributed by atoms with Crippen LogP contribution in [0.25, 0.3) is 0 Å². The molecule has 0 unspecified atom stereocenters. The third-order valence-corrected chi connectivity index (χ3v) is 2.89. The molecule has 1 rings (SSSR count). The van der Waals surface area contributed by atoms with Gasteiger partial charge in [-0.15, -0.1) is 11.8 Å². The van der Waals surface area contributed by atoms with Crippen LogP contribution >= 0.6 is 11.8 Å². The van der Waals surface area contributed by atoms with Gasteiger partial charge in [0, 0.05) is 10.6 Å². The van der Waals surface area contributed by atoms with Gasteiger partial charge in [0.25, 0.3) is 0 Å². The molecule has 0 amide bonds. The summed E-state index contributed by atoms with van der Waals surface area (Å²) in [5.74, 6) is -1.61. The first-order valence-electron chi connectivity index (χ1n) is 4.51. The quantitative estimate of drug-likeness (QED) is 0.518. The smallest absolute Gasteiger partial charge is 0.398 e. The summed E-state index contributed by atoms with van der Waals surface area (Å²) in [5.41, 5.74) is 5.79. The highest BCUT2D eigenvalue weighted by Crippen LogP contribution is 2.29. The first-order valence-corrected chi connectivity index (χ1v) is 5.49. The summed E-state index contributed by atoms with van der Waals surface area (Å²) in [6.07, 6.45) is -4.24. The van der Waals surface area contributed by atoms with E-state index in [4.69, 9.17) is 5.73 Å². The van der Waals surface area contributed by atoms with Crippen molar-refractivity contribution < 1.29 is 22.7 Å². The highest BCUT2D eigenvalue weighted by Gasteiger charge is 2.27. The Balaban J connectivity index is 2.79. The summed E-state index contributed by atoms with van der Waals surface area (Å²) in [6.45, 7) is 0. The van der Waals surface area contributed by atoms with Crippen molar-refractivity contribution in [3.8, 4) is 0 Å². The number of hydrogen-bond acceptors (Lipinski definition) is 4. The number of ether oxygens (including phenoxy) is 1. The van der Waals surface area contributed by atoms with Crippen LogP contribution in [0.1, 0.15) is 10.4 Å². The minimum absolute atomic E-state index is 0.101. The number of benzene rings is 1. The molecule has 94 valence electrons. The second-order valence-corrected chi connectivity index (χ2v) is 4.19. The molecule has 0 bridgehead atoms. The van der Waals surface area contributed by atoms with E-state index in [-0.39, 0.29) is 11.3 Å². The van der Waals surface area contributed by atoms with E-state index < -0.39 is 17.9 Å². The Morgan fingerprint density at radius 3 is 2.59 bits per heavy atom. The number of rotatable bonds is 3. The van der Waals surface area contributed by atoms with Gasteiger partial charge < -0.3 is 10.5 Å². The summed E-state index contributed by atoms with van der Waals surface area (Å²) in [4.78, 5) is 11.5. The lowest BCUT2D eigenvalue weighted by Crippen LogP contribution is -2.10. The molecule has 3 nitrogen and oxygen atoms in total. The minimum Gasteiger partial charge on any atom is -0.465 e. The maximum atomic E-state index is 12.0. The molecule has 0 saturated carbocycles. The van der Waals surface area contributed by atoms with Gasteiger partial charge in [0.15, 0.2) is 0 Å². The van der Waals surface area contributed by atoms with Gasteiger partial charge >= 0.3 is 12.1 Å². The zero-order valence-electron chi connectivity index (χ0n) is 8.88. The number of methoxy groups -OCH3 is 1. The Bertz CT molecular complexity index is 421. The number of thioether (sulfide) groups is 1. The minimum atomic E-state index is -4.24. The largest absolute Gasteiger partial charge is 0.465 e. The Morgan fingerprint density at radius 2 is 2.12 bits per heavy atom. The van der Waals surface area contributed by atoms with Gasteiger partial charge in [-0.1, -0.05) is 0 Å². The van der Waals surface area contributed by atoms with Crippen LogP contribution in [0.15, 0.2) is 23.1 Å². The number of carbonyl (C=O) groups is 1. The van der Waals surface area contributed by atoms with Crippen LogP contribution in [0.2, 0.25) is 0 Å². The highest BCUT2D eigenvalue weighted by molar-refractivity contribution is 7.99. The van der Waals surface area contributed by atoms with E-state index in [9.17, 15) is 18.0 Å². The third-order valence-electron chi connectivity index (χ3n) is 1.83. The van der Waals surface area contributed by atoms with Crippen molar-refractivity contribution in [3.05, 3.63) is 23.8 Å². The molecule has 0 aliphatic carbocycles. The van der Waals surface area contributed by atoms with Crippen LogP contribution in [-0.4, -0.2) is 25.0 Å². The second kappa shape index (κ2) is 5.31. The number of carbonyl (C=O) groups excluding carboxylic acids is 1. The van der Waals surface area contributed by atoms with E-state index >= 15 is 0 Å². The number of esters is 1. The fourth-order valence-electron chi connectivity index (χ4n) is 1.09. The predicted molar refractivity (Wildman–Crippen MR) is 59.0 cm³/mol. The number of anilines is 1. The first-order chi connectivity index (χ1) is 7.83. The van der Waals surface area contributed by atoms with Crippen molar-refractivity contribution in [1.82, 2.24) is 0 Å². The Hall–Kier alpha value is -1.37. The lowest BCUT2D eigenvalue weighted by atomic mass is 10.2. The van der Waals surface area contributed by atoms with Crippen molar-refractivity contribution in [3.63, 3.8) is 0 Å². The van der Waals surface area contributed by atoms with Crippen LogP contribution < -0.4 is 5.73 Å². The Labute approximate surface area is 100 Å². The lowest BCUT2D eigenvalue weighted by Gasteiger charge is -2.08. The van der Waals surface area contributed by atoms with Crippen molar-refractivity contribution in [2.75, 3.05) is 18.6 Å². The van der Waals surface area contributed by atoms with E-state index in [2.05, 4.69) is 4.74 Å². The molecule has 0 aromatic heterocycles. The lowest BCUT2D eigenvalue weighted by molar-refractivity contribution is -0.105. The summed E-state index contributed by atoms with van der Waals surface area (Å²) in [7, 11) is 1.20. The molecule has 0 aliphatic rings. The van der Waals surface area contributed by atoms with Gasteiger partial charge in [-0.2, -0.15) is 13.2 Å². The normalized spacial score (nSPS) is 11.3. The number of hydrogen-bond donors (Lipinski definition) is 1. The molecule has 1 aromatic carbocycles. The van der Waals surface area contributed by atoms with Crippen LogP contribution in [0.3, 0.4) is 0 Å². The molecule has 0 saturated heterocycles. The molecule has 0 heterocycles. The summed E-state index contributed by atoms with van der Waals surface area (Å²) in [5, 5.41) is 0. The predicted octanol–water partition coefficient (Wildman–Crippen LogP) is 2.71. The fraction of sp³-hybridized carbons (Fsp3) is 0.300. The van der Waals surface area contributed by atoms with E-state index in [1.165, 1.54) is 25.3 Å². The molecular weight excluding hydrogens is 255 g/mol. The monoisotopic (exact) mass is 265 g/mol. The summed E-state index contributed by atoms with van der Waals surface area (Å²) < 4.78 is 40.4. The maximum absolute atomic E-state index is 12.0. The first kappa shape index (κ1) is 13.7. The maximum Gasteiger partial charge on any atom is 0.398 e. The average Bonchev–Trinajstić information content (AvgIpc) is 2.24. The van der Waals surface area contributed by atoms with E-state index in [1.54, 1.807) is 0 Å².